The minimum atomic E-state index is 0.419. The third kappa shape index (κ3) is 3.13. The van der Waals surface area contributed by atoms with Gasteiger partial charge in [0.15, 0.2) is 0 Å². The fourth-order valence-electron chi connectivity index (χ4n) is 2.67. The molecule has 1 nitrogen and oxygen atoms in total. The SMILES string of the molecule is Clc1ccc(NC2CCc3cc(Br)ccc3C2)c(Cl)c1. The first-order chi connectivity index (χ1) is 9.61. The van der Waals surface area contributed by atoms with Crippen molar-refractivity contribution in [1.29, 1.82) is 0 Å². The molecule has 2 aromatic rings. The summed E-state index contributed by atoms with van der Waals surface area (Å²) >= 11 is 15.7. The average molecular weight is 371 g/mol. The van der Waals surface area contributed by atoms with E-state index in [9.17, 15) is 0 Å². The van der Waals surface area contributed by atoms with Crippen LogP contribution in [0.2, 0.25) is 10.0 Å². The molecule has 0 saturated carbocycles. The Hall–Kier alpha value is -0.700. The number of nitrogens with one attached hydrogen (secondary N) is 1. The Morgan fingerprint density at radius 3 is 2.70 bits per heavy atom. The summed E-state index contributed by atoms with van der Waals surface area (Å²) in [5.74, 6) is 0. The molecule has 0 saturated heterocycles. The van der Waals surface area contributed by atoms with Crippen LogP contribution in [0.15, 0.2) is 40.9 Å². The first kappa shape index (κ1) is 14.2. The Kier molecular flexibility index (Phi) is 4.25. The molecule has 3 rings (SSSR count). The van der Waals surface area contributed by atoms with Crippen molar-refractivity contribution in [2.24, 2.45) is 0 Å². The molecule has 1 N–H and O–H groups in total. The van der Waals surface area contributed by atoms with Gasteiger partial charge in [0.1, 0.15) is 0 Å². The van der Waals surface area contributed by atoms with Crippen LogP contribution in [0.25, 0.3) is 0 Å². The van der Waals surface area contributed by atoms with Gasteiger partial charge < -0.3 is 5.32 Å². The zero-order chi connectivity index (χ0) is 14.1. The number of hydrogen-bond acceptors (Lipinski definition) is 1. The fraction of sp³-hybridized carbons (Fsp3) is 0.250. The van der Waals surface area contributed by atoms with Crippen molar-refractivity contribution in [3.8, 4) is 0 Å². The van der Waals surface area contributed by atoms with Gasteiger partial charge in [-0.1, -0.05) is 45.2 Å². The summed E-state index contributed by atoms with van der Waals surface area (Å²) < 4.78 is 1.16. The fourth-order valence-corrected chi connectivity index (χ4v) is 3.54. The molecule has 1 unspecified atom stereocenters. The second-order valence-electron chi connectivity index (χ2n) is 5.12. The van der Waals surface area contributed by atoms with E-state index in [1.807, 2.05) is 12.1 Å². The van der Waals surface area contributed by atoms with Crippen molar-refractivity contribution in [2.45, 2.75) is 25.3 Å². The molecule has 0 fully saturated rings. The average Bonchev–Trinajstić information content (AvgIpc) is 2.42. The van der Waals surface area contributed by atoms with E-state index in [4.69, 9.17) is 23.2 Å². The number of benzene rings is 2. The van der Waals surface area contributed by atoms with Gasteiger partial charge in [0.05, 0.1) is 10.7 Å². The van der Waals surface area contributed by atoms with Crippen molar-refractivity contribution in [2.75, 3.05) is 5.32 Å². The molecule has 1 atom stereocenters. The summed E-state index contributed by atoms with van der Waals surface area (Å²) in [5.41, 5.74) is 3.82. The van der Waals surface area contributed by atoms with Crippen molar-refractivity contribution in [3.63, 3.8) is 0 Å². The standard InChI is InChI=1S/C16H14BrCl2N/c17-12-3-1-11-8-14(5-2-10(11)7-12)20-16-6-4-13(18)9-15(16)19/h1,3-4,6-7,9,14,20H,2,5,8H2. The lowest BCUT2D eigenvalue weighted by Gasteiger charge is -2.27. The second kappa shape index (κ2) is 5.97. The van der Waals surface area contributed by atoms with E-state index in [1.165, 1.54) is 11.1 Å². The first-order valence-electron chi connectivity index (χ1n) is 6.61. The molecule has 0 spiro atoms. The molecule has 1 aliphatic carbocycles. The second-order valence-corrected chi connectivity index (χ2v) is 6.88. The molecule has 0 radical (unpaired) electrons. The van der Waals surface area contributed by atoms with Gasteiger partial charge in [-0.15, -0.1) is 0 Å². The quantitative estimate of drug-likeness (QED) is 0.712. The van der Waals surface area contributed by atoms with Crippen LogP contribution in [0.5, 0.6) is 0 Å². The molecule has 1 aliphatic rings. The third-order valence-corrected chi connectivity index (χ3v) is 4.73. The Morgan fingerprint density at radius 1 is 1.05 bits per heavy atom. The summed E-state index contributed by atoms with van der Waals surface area (Å²) in [5, 5.41) is 4.88. The van der Waals surface area contributed by atoms with Crippen LogP contribution in [0.3, 0.4) is 0 Å². The van der Waals surface area contributed by atoms with Gasteiger partial charge >= 0.3 is 0 Å². The van der Waals surface area contributed by atoms with Crippen LogP contribution in [-0.4, -0.2) is 6.04 Å². The lowest BCUT2D eigenvalue weighted by molar-refractivity contribution is 0.610. The number of rotatable bonds is 2. The monoisotopic (exact) mass is 369 g/mol. The topological polar surface area (TPSA) is 12.0 Å². The van der Waals surface area contributed by atoms with Crippen molar-refractivity contribution >= 4 is 44.8 Å². The zero-order valence-electron chi connectivity index (χ0n) is 10.8. The minimum absolute atomic E-state index is 0.419. The highest BCUT2D eigenvalue weighted by Crippen LogP contribution is 2.30. The van der Waals surface area contributed by atoms with Crippen LogP contribution in [0.4, 0.5) is 5.69 Å². The first-order valence-corrected chi connectivity index (χ1v) is 8.15. The molecular weight excluding hydrogens is 357 g/mol. The lowest BCUT2D eigenvalue weighted by atomic mass is 9.88. The summed E-state index contributed by atoms with van der Waals surface area (Å²) in [6, 6.07) is 12.5. The number of halogens is 3. The molecule has 0 aliphatic heterocycles. The number of aryl methyl sites for hydroxylation is 1. The molecule has 2 aromatic carbocycles. The third-order valence-electron chi connectivity index (χ3n) is 3.69. The predicted octanol–water partition coefficient (Wildman–Crippen LogP) is 5.73. The number of hydrogen-bond donors (Lipinski definition) is 1. The van der Waals surface area contributed by atoms with Gasteiger partial charge in [-0.2, -0.15) is 0 Å². The minimum Gasteiger partial charge on any atom is -0.381 e. The maximum atomic E-state index is 6.22. The van der Waals surface area contributed by atoms with Crippen molar-refractivity contribution in [3.05, 3.63) is 62.0 Å². The maximum absolute atomic E-state index is 6.22. The summed E-state index contributed by atoms with van der Waals surface area (Å²) in [4.78, 5) is 0. The lowest BCUT2D eigenvalue weighted by Crippen LogP contribution is -2.27. The molecule has 104 valence electrons. The van der Waals surface area contributed by atoms with E-state index in [0.29, 0.717) is 16.1 Å². The molecule has 0 aromatic heterocycles. The maximum Gasteiger partial charge on any atom is 0.0652 e. The molecule has 0 bridgehead atoms. The van der Waals surface area contributed by atoms with E-state index in [-0.39, 0.29) is 0 Å². The van der Waals surface area contributed by atoms with Gasteiger partial charge in [0.2, 0.25) is 0 Å². The van der Waals surface area contributed by atoms with Gasteiger partial charge in [-0.05, 0) is 60.7 Å². The van der Waals surface area contributed by atoms with Crippen LogP contribution >= 0.6 is 39.1 Å². The Labute approximate surface area is 137 Å². The zero-order valence-corrected chi connectivity index (χ0v) is 13.9. The Balaban J connectivity index is 1.75. The number of anilines is 1. The van der Waals surface area contributed by atoms with E-state index < -0.39 is 0 Å². The molecular formula is C16H14BrCl2N. The van der Waals surface area contributed by atoms with E-state index in [0.717, 1.165) is 29.4 Å². The van der Waals surface area contributed by atoms with E-state index in [2.05, 4.69) is 39.4 Å². The van der Waals surface area contributed by atoms with Crippen LogP contribution in [0.1, 0.15) is 17.5 Å². The van der Waals surface area contributed by atoms with E-state index in [1.54, 1.807) is 6.07 Å². The predicted molar refractivity (Wildman–Crippen MR) is 90.0 cm³/mol. The summed E-state index contributed by atoms with van der Waals surface area (Å²) in [7, 11) is 0. The van der Waals surface area contributed by atoms with Crippen LogP contribution in [-0.2, 0) is 12.8 Å². The summed E-state index contributed by atoms with van der Waals surface area (Å²) in [6.07, 6.45) is 3.24. The van der Waals surface area contributed by atoms with Gasteiger partial charge in [-0.25, -0.2) is 0 Å². The van der Waals surface area contributed by atoms with E-state index >= 15 is 0 Å². The molecule has 0 amide bonds. The van der Waals surface area contributed by atoms with Crippen molar-refractivity contribution in [1.82, 2.24) is 0 Å². The molecule has 0 heterocycles. The highest BCUT2D eigenvalue weighted by Gasteiger charge is 2.19. The van der Waals surface area contributed by atoms with Crippen LogP contribution < -0.4 is 5.32 Å². The molecule has 20 heavy (non-hydrogen) atoms. The summed E-state index contributed by atoms with van der Waals surface area (Å²) in [6.45, 7) is 0. The van der Waals surface area contributed by atoms with Gasteiger partial charge in [-0.3, -0.25) is 0 Å². The highest BCUT2D eigenvalue weighted by atomic mass is 79.9. The highest BCUT2D eigenvalue weighted by molar-refractivity contribution is 9.10. The Morgan fingerprint density at radius 2 is 1.90 bits per heavy atom. The van der Waals surface area contributed by atoms with Crippen LogP contribution in [0, 0.1) is 0 Å². The normalized spacial score (nSPS) is 17.6. The Bertz CT molecular complexity index is 642. The van der Waals surface area contributed by atoms with Crippen molar-refractivity contribution < 1.29 is 0 Å². The van der Waals surface area contributed by atoms with Gasteiger partial charge in [0.25, 0.3) is 0 Å². The number of fused-ring (bicyclic) bond motifs is 1. The molecule has 4 heteroatoms. The van der Waals surface area contributed by atoms with Gasteiger partial charge in [0, 0.05) is 15.5 Å². The smallest absolute Gasteiger partial charge is 0.0652 e. The largest absolute Gasteiger partial charge is 0.381 e.